The Balaban J connectivity index is 1.93. The molecule has 0 bridgehead atoms. The topological polar surface area (TPSA) is 17.1 Å². The summed E-state index contributed by atoms with van der Waals surface area (Å²) in [6.07, 6.45) is 6.11. The van der Waals surface area contributed by atoms with Crippen LogP contribution >= 0.6 is 0 Å². The van der Waals surface area contributed by atoms with Crippen molar-refractivity contribution in [2.45, 2.75) is 38.0 Å². The summed E-state index contributed by atoms with van der Waals surface area (Å²) in [6, 6.07) is 6.69. The first-order chi connectivity index (χ1) is 8.70. The molecule has 96 valence electrons. The van der Waals surface area contributed by atoms with Crippen LogP contribution in [0.3, 0.4) is 0 Å². The summed E-state index contributed by atoms with van der Waals surface area (Å²) < 4.78 is 12.9. The largest absolute Gasteiger partial charge is 0.299 e. The van der Waals surface area contributed by atoms with Gasteiger partial charge in [0.25, 0.3) is 0 Å². The molecule has 1 saturated carbocycles. The van der Waals surface area contributed by atoms with Gasteiger partial charge >= 0.3 is 0 Å². The van der Waals surface area contributed by atoms with E-state index in [0.29, 0.717) is 18.1 Å². The van der Waals surface area contributed by atoms with E-state index in [-0.39, 0.29) is 11.7 Å². The quantitative estimate of drug-likeness (QED) is 0.710. The molecule has 0 amide bonds. The average molecular weight is 246 g/mol. The van der Waals surface area contributed by atoms with Gasteiger partial charge in [-0.05, 0) is 49.3 Å². The highest BCUT2D eigenvalue weighted by molar-refractivity contribution is 5.81. The van der Waals surface area contributed by atoms with Crippen molar-refractivity contribution < 1.29 is 9.18 Å². The highest BCUT2D eigenvalue weighted by Crippen LogP contribution is 2.39. The molecular formula is C16H19FO. The van der Waals surface area contributed by atoms with Crippen LogP contribution in [-0.4, -0.2) is 5.78 Å². The Morgan fingerprint density at radius 1 is 1.33 bits per heavy atom. The zero-order valence-corrected chi connectivity index (χ0v) is 10.6. The average Bonchev–Trinajstić information content (AvgIpc) is 2.86. The van der Waals surface area contributed by atoms with Crippen molar-refractivity contribution in [2.75, 3.05) is 0 Å². The normalized spacial score (nSPS) is 22.9. The van der Waals surface area contributed by atoms with Gasteiger partial charge in [-0.1, -0.05) is 18.2 Å². The Morgan fingerprint density at radius 3 is 2.72 bits per heavy atom. The van der Waals surface area contributed by atoms with Crippen LogP contribution in [0.4, 0.5) is 4.39 Å². The molecule has 2 rings (SSSR count). The molecule has 18 heavy (non-hydrogen) atoms. The molecule has 1 aromatic carbocycles. The SMILES string of the molecule is C=CCCC(=O)C1CCC(c2ccc(F)cc2)C1. The highest BCUT2D eigenvalue weighted by Gasteiger charge is 2.29. The molecule has 0 N–H and O–H groups in total. The second kappa shape index (κ2) is 5.94. The van der Waals surface area contributed by atoms with E-state index in [2.05, 4.69) is 6.58 Å². The lowest BCUT2D eigenvalue weighted by molar-refractivity contribution is -0.122. The Labute approximate surface area is 108 Å². The maximum Gasteiger partial charge on any atom is 0.136 e. The van der Waals surface area contributed by atoms with E-state index >= 15 is 0 Å². The number of benzene rings is 1. The Morgan fingerprint density at radius 2 is 2.06 bits per heavy atom. The third kappa shape index (κ3) is 3.06. The standard InChI is InChI=1S/C16H19FO/c1-2-3-4-16(18)14-6-5-13(11-14)12-7-9-15(17)10-8-12/h2,7-10,13-14H,1,3-6,11H2. The van der Waals surface area contributed by atoms with E-state index in [1.54, 1.807) is 6.08 Å². The van der Waals surface area contributed by atoms with E-state index in [1.165, 1.54) is 12.1 Å². The second-order valence-corrected chi connectivity index (χ2v) is 5.05. The van der Waals surface area contributed by atoms with Gasteiger partial charge in [-0.15, -0.1) is 6.58 Å². The third-order valence-electron chi connectivity index (χ3n) is 3.82. The van der Waals surface area contributed by atoms with Crippen LogP contribution in [-0.2, 0) is 4.79 Å². The van der Waals surface area contributed by atoms with Gasteiger partial charge in [0.05, 0.1) is 0 Å². The summed E-state index contributed by atoms with van der Waals surface area (Å²) in [5.41, 5.74) is 1.16. The maximum atomic E-state index is 12.9. The summed E-state index contributed by atoms with van der Waals surface area (Å²) in [5, 5.41) is 0. The minimum absolute atomic E-state index is 0.194. The van der Waals surface area contributed by atoms with Crippen molar-refractivity contribution in [3.63, 3.8) is 0 Å². The van der Waals surface area contributed by atoms with Crippen molar-refractivity contribution >= 4 is 5.78 Å². The van der Waals surface area contributed by atoms with Crippen LogP contribution < -0.4 is 0 Å². The number of carbonyl (C=O) groups excluding carboxylic acids is 1. The van der Waals surface area contributed by atoms with Gasteiger partial charge in [0.2, 0.25) is 0 Å². The van der Waals surface area contributed by atoms with Crippen molar-refractivity contribution in [3.05, 3.63) is 48.3 Å². The first kappa shape index (κ1) is 13.0. The van der Waals surface area contributed by atoms with Crippen molar-refractivity contribution in [3.8, 4) is 0 Å². The van der Waals surface area contributed by atoms with Crippen LogP contribution in [0.25, 0.3) is 0 Å². The molecule has 2 atom stereocenters. The molecule has 2 heteroatoms. The second-order valence-electron chi connectivity index (χ2n) is 5.05. The van der Waals surface area contributed by atoms with E-state index in [0.717, 1.165) is 31.2 Å². The molecule has 0 heterocycles. The fraction of sp³-hybridized carbons (Fsp3) is 0.438. The van der Waals surface area contributed by atoms with E-state index in [4.69, 9.17) is 0 Å². The smallest absolute Gasteiger partial charge is 0.136 e. The van der Waals surface area contributed by atoms with Crippen LogP contribution in [0.2, 0.25) is 0 Å². The fourth-order valence-electron chi connectivity index (χ4n) is 2.76. The lowest BCUT2D eigenvalue weighted by atomic mass is 9.94. The molecule has 0 saturated heterocycles. The predicted molar refractivity (Wildman–Crippen MR) is 70.9 cm³/mol. The lowest BCUT2D eigenvalue weighted by Gasteiger charge is -2.11. The summed E-state index contributed by atoms with van der Waals surface area (Å²) in [6.45, 7) is 3.64. The molecular weight excluding hydrogens is 227 g/mol. The maximum absolute atomic E-state index is 12.9. The molecule has 1 nitrogen and oxygen atoms in total. The van der Waals surface area contributed by atoms with Crippen LogP contribution in [0.15, 0.2) is 36.9 Å². The summed E-state index contributed by atoms with van der Waals surface area (Å²) in [7, 11) is 0. The van der Waals surface area contributed by atoms with Crippen molar-refractivity contribution in [1.29, 1.82) is 0 Å². The lowest BCUT2D eigenvalue weighted by Crippen LogP contribution is -2.10. The molecule has 0 aliphatic heterocycles. The van der Waals surface area contributed by atoms with Crippen molar-refractivity contribution in [2.24, 2.45) is 5.92 Å². The monoisotopic (exact) mass is 246 g/mol. The summed E-state index contributed by atoms with van der Waals surface area (Å²) in [4.78, 5) is 11.9. The number of rotatable bonds is 5. The molecule has 1 aromatic rings. The minimum atomic E-state index is -0.199. The first-order valence-corrected chi connectivity index (χ1v) is 6.59. The van der Waals surface area contributed by atoms with E-state index in [9.17, 15) is 9.18 Å². The molecule has 2 unspecified atom stereocenters. The van der Waals surface area contributed by atoms with E-state index in [1.807, 2.05) is 12.1 Å². The Kier molecular flexibility index (Phi) is 4.29. The predicted octanol–water partition coefficient (Wildman–Crippen LogP) is 4.24. The van der Waals surface area contributed by atoms with Gasteiger partial charge in [0, 0.05) is 12.3 Å². The molecule has 0 spiro atoms. The molecule has 1 aliphatic carbocycles. The zero-order valence-electron chi connectivity index (χ0n) is 10.6. The number of ketones is 1. The van der Waals surface area contributed by atoms with Gasteiger partial charge in [0.1, 0.15) is 11.6 Å². The summed E-state index contributed by atoms with van der Waals surface area (Å²) in [5.74, 6) is 0.776. The Hall–Kier alpha value is -1.44. The van der Waals surface area contributed by atoms with Gasteiger partial charge in [-0.3, -0.25) is 4.79 Å². The number of allylic oxidation sites excluding steroid dienone is 1. The number of Topliss-reactive ketones (excluding diaryl/α,β-unsaturated/α-hetero) is 1. The molecule has 1 fully saturated rings. The van der Waals surface area contributed by atoms with Crippen LogP contribution in [0.5, 0.6) is 0 Å². The van der Waals surface area contributed by atoms with Crippen LogP contribution in [0, 0.1) is 11.7 Å². The van der Waals surface area contributed by atoms with E-state index < -0.39 is 0 Å². The summed E-state index contributed by atoms with van der Waals surface area (Å²) >= 11 is 0. The number of hydrogen-bond acceptors (Lipinski definition) is 1. The minimum Gasteiger partial charge on any atom is -0.299 e. The highest BCUT2D eigenvalue weighted by atomic mass is 19.1. The number of hydrogen-bond donors (Lipinski definition) is 0. The number of carbonyl (C=O) groups is 1. The van der Waals surface area contributed by atoms with Gasteiger partial charge in [0.15, 0.2) is 0 Å². The third-order valence-corrected chi connectivity index (χ3v) is 3.82. The Bertz CT molecular complexity index is 421. The fourth-order valence-corrected chi connectivity index (χ4v) is 2.76. The van der Waals surface area contributed by atoms with Gasteiger partial charge in [-0.2, -0.15) is 0 Å². The van der Waals surface area contributed by atoms with Crippen LogP contribution in [0.1, 0.15) is 43.6 Å². The van der Waals surface area contributed by atoms with Crippen molar-refractivity contribution in [1.82, 2.24) is 0 Å². The van der Waals surface area contributed by atoms with Gasteiger partial charge < -0.3 is 0 Å². The first-order valence-electron chi connectivity index (χ1n) is 6.59. The molecule has 0 aromatic heterocycles. The number of halogens is 1. The molecule has 1 aliphatic rings. The molecule has 0 radical (unpaired) electrons. The van der Waals surface area contributed by atoms with Gasteiger partial charge in [-0.25, -0.2) is 4.39 Å². The zero-order chi connectivity index (χ0) is 13.0.